The SMILES string of the molecule is C=CC(=O)Nc1cc(Nc2ncc(Cl)c(NC3CN(CO)C3)n2)c(OC)cc1N1CCC(N(C)C)CC1. The normalized spacial score (nSPS) is 16.9. The lowest BCUT2D eigenvalue weighted by Crippen LogP contribution is -2.54. The summed E-state index contributed by atoms with van der Waals surface area (Å²) in [6.07, 6.45) is 4.82. The largest absolute Gasteiger partial charge is 0.494 e. The van der Waals surface area contributed by atoms with Gasteiger partial charge in [-0.05, 0) is 39.1 Å². The van der Waals surface area contributed by atoms with Crippen molar-refractivity contribution in [1.82, 2.24) is 19.8 Å². The van der Waals surface area contributed by atoms with Gasteiger partial charge >= 0.3 is 0 Å². The van der Waals surface area contributed by atoms with Gasteiger partial charge in [0.1, 0.15) is 10.8 Å². The van der Waals surface area contributed by atoms with Crippen molar-refractivity contribution in [2.45, 2.75) is 24.9 Å². The van der Waals surface area contributed by atoms with E-state index in [4.69, 9.17) is 16.3 Å². The molecule has 0 aliphatic carbocycles. The first-order valence-corrected chi connectivity index (χ1v) is 12.6. The second-order valence-electron chi connectivity index (χ2n) is 9.48. The number of benzene rings is 1. The maximum atomic E-state index is 12.3. The Balaban J connectivity index is 1.58. The van der Waals surface area contributed by atoms with Gasteiger partial charge in [0.05, 0.1) is 43.1 Å². The number of likely N-dealkylation sites (tertiary alicyclic amines) is 1. The van der Waals surface area contributed by atoms with Crippen LogP contribution in [0.15, 0.2) is 31.0 Å². The van der Waals surface area contributed by atoms with Gasteiger partial charge in [0.15, 0.2) is 5.82 Å². The summed E-state index contributed by atoms with van der Waals surface area (Å²) >= 11 is 6.32. The van der Waals surface area contributed by atoms with Crippen molar-refractivity contribution in [3.63, 3.8) is 0 Å². The van der Waals surface area contributed by atoms with Crippen molar-refractivity contribution in [2.24, 2.45) is 0 Å². The van der Waals surface area contributed by atoms with E-state index in [1.807, 2.05) is 17.0 Å². The molecule has 2 aromatic rings. The lowest BCUT2D eigenvalue weighted by Gasteiger charge is -2.38. The molecule has 37 heavy (non-hydrogen) atoms. The Labute approximate surface area is 222 Å². The van der Waals surface area contributed by atoms with Gasteiger partial charge in [0, 0.05) is 38.3 Å². The highest BCUT2D eigenvalue weighted by atomic mass is 35.5. The summed E-state index contributed by atoms with van der Waals surface area (Å²) < 4.78 is 5.71. The van der Waals surface area contributed by atoms with Gasteiger partial charge < -0.3 is 35.6 Å². The molecule has 200 valence electrons. The van der Waals surface area contributed by atoms with E-state index in [0.29, 0.717) is 53.0 Å². The van der Waals surface area contributed by atoms with Crippen molar-refractivity contribution >= 4 is 46.3 Å². The monoisotopic (exact) mass is 530 g/mol. The van der Waals surface area contributed by atoms with Gasteiger partial charge in [-0.2, -0.15) is 4.98 Å². The fraction of sp³-hybridized carbons (Fsp3) is 0.480. The van der Waals surface area contributed by atoms with E-state index >= 15 is 0 Å². The third-order valence-corrected chi connectivity index (χ3v) is 7.06. The number of aliphatic hydroxyl groups is 1. The van der Waals surface area contributed by atoms with Crippen LogP contribution in [-0.4, -0.2) is 97.0 Å². The van der Waals surface area contributed by atoms with Gasteiger partial charge in [0.25, 0.3) is 0 Å². The average Bonchev–Trinajstić information content (AvgIpc) is 2.87. The van der Waals surface area contributed by atoms with Crippen LogP contribution in [0.4, 0.5) is 28.8 Å². The van der Waals surface area contributed by atoms with Crippen LogP contribution < -0.4 is 25.6 Å². The highest BCUT2D eigenvalue weighted by molar-refractivity contribution is 6.32. The topological polar surface area (TPSA) is 118 Å². The minimum absolute atomic E-state index is 0.0245. The molecule has 2 aliphatic rings. The number of piperidine rings is 1. The number of ether oxygens (including phenoxy) is 1. The minimum Gasteiger partial charge on any atom is -0.494 e. The molecule has 0 atom stereocenters. The van der Waals surface area contributed by atoms with Crippen LogP contribution in [0.2, 0.25) is 5.02 Å². The zero-order valence-corrected chi connectivity index (χ0v) is 22.3. The Hall–Kier alpha value is -3.12. The third kappa shape index (κ3) is 6.42. The van der Waals surface area contributed by atoms with Crippen LogP contribution in [0.25, 0.3) is 0 Å². The molecule has 1 aromatic heterocycles. The van der Waals surface area contributed by atoms with Crippen LogP contribution in [0.3, 0.4) is 0 Å². The van der Waals surface area contributed by atoms with Crippen LogP contribution >= 0.6 is 11.6 Å². The lowest BCUT2D eigenvalue weighted by atomic mass is 10.0. The first kappa shape index (κ1) is 26.9. The second-order valence-corrected chi connectivity index (χ2v) is 9.89. The number of nitrogens with zero attached hydrogens (tertiary/aromatic N) is 5. The Morgan fingerprint density at radius 1 is 1.30 bits per heavy atom. The predicted octanol–water partition coefficient (Wildman–Crippen LogP) is 2.58. The number of methoxy groups -OCH3 is 1. The number of halogens is 1. The molecule has 0 radical (unpaired) electrons. The number of carbonyl (C=O) groups is 1. The van der Waals surface area contributed by atoms with Crippen LogP contribution in [0, 0.1) is 0 Å². The molecule has 4 rings (SSSR count). The Kier molecular flexibility index (Phi) is 8.70. The molecule has 4 N–H and O–H groups in total. The van der Waals surface area contributed by atoms with Gasteiger partial charge in [0.2, 0.25) is 11.9 Å². The molecular formula is C25H35ClN8O3. The molecule has 2 aliphatic heterocycles. The number of amides is 1. The maximum Gasteiger partial charge on any atom is 0.247 e. The average molecular weight is 531 g/mol. The molecule has 0 spiro atoms. The molecular weight excluding hydrogens is 496 g/mol. The summed E-state index contributed by atoms with van der Waals surface area (Å²) in [6, 6.07) is 4.41. The number of rotatable bonds is 10. The molecule has 0 bridgehead atoms. The summed E-state index contributed by atoms with van der Waals surface area (Å²) in [4.78, 5) is 27.5. The Bertz CT molecular complexity index is 1120. The van der Waals surface area contributed by atoms with Crippen molar-refractivity contribution < 1.29 is 14.6 Å². The van der Waals surface area contributed by atoms with E-state index in [2.05, 4.69) is 56.4 Å². The number of carbonyl (C=O) groups excluding carboxylic acids is 1. The second kappa shape index (κ2) is 12.0. The summed E-state index contributed by atoms with van der Waals surface area (Å²) in [5.41, 5.74) is 2.12. The molecule has 1 aromatic carbocycles. The zero-order chi connectivity index (χ0) is 26.5. The van der Waals surface area contributed by atoms with Crippen molar-refractivity contribution in [2.75, 3.05) is 75.0 Å². The smallest absolute Gasteiger partial charge is 0.247 e. The maximum absolute atomic E-state index is 12.3. The van der Waals surface area contributed by atoms with E-state index in [0.717, 1.165) is 31.6 Å². The number of nitrogens with one attached hydrogen (secondary N) is 3. The van der Waals surface area contributed by atoms with E-state index < -0.39 is 0 Å². The zero-order valence-electron chi connectivity index (χ0n) is 21.5. The number of anilines is 5. The molecule has 0 saturated carbocycles. The minimum atomic E-state index is -0.299. The van der Waals surface area contributed by atoms with E-state index in [1.54, 1.807) is 7.11 Å². The number of hydrogen-bond donors (Lipinski definition) is 4. The lowest BCUT2D eigenvalue weighted by molar-refractivity contribution is -0.111. The van der Waals surface area contributed by atoms with Gasteiger partial charge in [-0.15, -0.1) is 0 Å². The first-order chi connectivity index (χ1) is 17.8. The fourth-order valence-corrected chi connectivity index (χ4v) is 4.77. The summed E-state index contributed by atoms with van der Waals surface area (Å²) in [6.45, 7) is 6.74. The Morgan fingerprint density at radius 3 is 2.65 bits per heavy atom. The molecule has 0 unspecified atom stereocenters. The van der Waals surface area contributed by atoms with Gasteiger partial charge in [-0.3, -0.25) is 9.69 Å². The summed E-state index contributed by atoms with van der Waals surface area (Å²) in [7, 11) is 5.81. The predicted molar refractivity (Wildman–Crippen MR) is 147 cm³/mol. The van der Waals surface area contributed by atoms with Crippen LogP contribution in [-0.2, 0) is 4.79 Å². The van der Waals surface area contributed by atoms with Gasteiger partial charge in [-0.25, -0.2) is 4.98 Å². The standard InChI is InChI=1S/C25H35ClN8O3/c1-5-23(36)29-19-10-20(22(37-4)11-21(19)34-8-6-17(7-9-34)32(2)3)30-25-27-12-18(26)24(31-25)28-16-13-33(14-16)15-35/h5,10-12,16-17,35H,1,6-9,13-15H2,2-4H3,(H,29,36)(H2,27,28,30,31). The van der Waals surface area contributed by atoms with Gasteiger partial charge in [-0.1, -0.05) is 18.2 Å². The van der Waals surface area contributed by atoms with Crippen LogP contribution in [0.5, 0.6) is 5.75 Å². The number of aliphatic hydroxyl groups excluding tert-OH is 1. The highest BCUT2D eigenvalue weighted by Crippen LogP contribution is 2.39. The third-order valence-electron chi connectivity index (χ3n) is 6.79. The van der Waals surface area contributed by atoms with E-state index in [9.17, 15) is 9.90 Å². The summed E-state index contributed by atoms with van der Waals surface area (Å²) in [5.74, 6) is 1.12. The molecule has 2 saturated heterocycles. The summed E-state index contributed by atoms with van der Waals surface area (Å²) in [5, 5.41) is 19.0. The first-order valence-electron chi connectivity index (χ1n) is 12.3. The van der Waals surface area contributed by atoms with Crippen LogP contribution in [0.1, 0.15) is 12.8 Å². The highest BCUT2D eigenvalue weighted by Gasteiger charge is 2.27. The molecule has 11 nitrogen and oxygen atoms in total. The molecule has 1 amide bonds. The number of aromatic nitrogens is 2. The van der Waals surface area contributed by atoms with E-state index in [1.165, 1.54) is 12.3 Å². The molecule has 12 heteroatoms. The molecule has 2 fully saturated rings. The fourth-order valence-electron chi connectivity index (χ4n) is 4.62. The quantitative estimate of drug-likeness (QED) is 0.341. The van der Waals surface area contributed by atoms with Crippen molar-refractivity contribution in [1.29, 1.82) is 0 Å². The van der Waals surface area contributed by atoms with Crippen molar-refractivity contribution in [3.8, 4) is 5.75 Å². The number of hydrogen-bond acceptors (Lipinski definition) is 10. The van der Waals surface area contributed by atoms with Crippen molar-refractivity contribution in [3.05, 3.63) is 36.0 Å². The molecule has 3 heterocycles. The van der Waals surface area contributed by atoms with E-state index in [-0.39, 0.29) is 18.7 Å². The Morgan fingerprint density at radius 2 is 2.03 bits per heavy atom.